The summed E-state index contributed by atoms with van der Waals surface area (Å²) in [5.41, 5.74) is 4.67. The molecule has 28 heavy (non-hydrogen) atoms. The molecule has 2 aliphatic rings. The first-order chi connectivity index (χ1) is 13.8. The van der Waals surface area contributed by atoms with E-state index in [1.807, 2.05) is 15.8 Å². The van der Waals surface area contributed by atoms with Gasteiger partial charge < -0.3 is 9.88 Å². The van der Waals surface area contributed by atoms with Gasteiger partial charge in [-0.2, -0.15) is 0 Å². The van der Waals surface area contributed by atoms with Crippen LogP contribution in [0.15, 0.2) is 30.5 Å². The van der Waals surface area contributed by atoms with Gasteiger partial charge >= 0.3 is 0 Å². The molecule has 0 atom stereocenters. The first kappa shape index (κ1) is 17.4. The van der Waals surface area contributed by atoms with Crippen LogP contribution in [0.3, 0.4) is 0 Å². The number of fused-ring (bicyclic) bond motifs is 2. The zero-order valence-electron chi connectivity index (χ0n) is 16.1. The van der Waals surface area contributed by atoms with Gasteiger partial charge in [0.05, 0.1) is 17.9 Å². The quantitative estimate of drug-likeness (QED) is 0.740. The predicted octanol–water partition coefficient (Wildman–Crippen LogP) is 2.33. The number of nitrogens with one attached hydrogen (secondary N) is 1. The van der Waals surface area contributed by atoms with Crippen LogP contribution in [-0.2, 0) is 30.8 Å². The highest BCUT2D eigenvalue weighted by atomic mass is 16.2. The zero-order valence-corrected chi connectivity index (χ0v) is 16.1. The van der Waals surface area contributed by atoms with Gasteiger partial charge in [0, 0.05) is 62.7 Å². The van der Waals surface area contributed by atoms with Crippen LogP contribution in [0.25, 0.3) is 10.9 Å². The molecule has 0 radical (unpaired) electrons. The van der Waals surface area contributed by atoms with Crippen molar-refractivity contribution >= 4 is 16.8 Å². The van der Waals surface area contributed by atoms with E-state index in [9.17, 15) is 4.79 Å². The van der Waals surface area contributed by atoms with Gasteiger partial charge in [-0.3, -0.25) is 9.69 Å². The summed E-state index contributed by atoms with van der Waals surface area (Å²) in [7, 11) is 0. The molecule has 1 N–H and O–H groups in total. The van der Waals surface area contributed by atoms with E-state index in [1.165, 1.54) is 22.2 Å². The highest BCUT2D eigenvalue weighted by molar-refractivity contribution is 5.82. The highest BCUT2D eigenvalue weighted by Gasteiger charge is 2.24. The van der Waals surface area contributed by atoms with E-state index in [2.05, 4.69) is 44.5 Å². The molecule has 7 heteroatoms. The molecule has 1 fully saturated rings. The minimum atomic E-state index is 0.256. The van der Waals surface area contributed by atoms with Crippen molar-refractivity contribution in [1.82, 2.24) is 29.8 Å². The summed E-state index contributed by atoms with van der Waals surface area (Å²) in [6, 6.07) is 8.58. The number of hydrogen-bond donors (Lipinski definition) is 1. The molecule has 4 heterocycles. The number of aryl methyl sites for hydroxylation is 1. The van der Waals surface area contributed by atoms with Crippen molar-refractivity contribution in [2.24, 2.45) is 0 Å². The summed E-state index contributed by atoms with van der Waals surface area (Å²) < 4.78 is 2.02. The Hall–Kier alpha value is -2.67. The Kier molecular flexibility index (Phi) is 4.60. The maximum absolute atomic E-state index is 12.4. The van der Waals surface area contributed by atoms with E-state index in [0.29, 0.717) is 12.8 Å². The number of aromatic amines is 1. The summed E-state index contributed by atoms with van der Waals surface area (Å²) in [5, 5.41) is 10.0. The standard InChI is InChI=1S/C21H26N6O/c28-21(26-10-1-2-11-26)7-6-19-20-15-25(12-13-27(20)24-23-19)14-16-4-3-5-18-17(16)8-9-22-18/h3-5,8-9,22H,1-2,6-7,10-15H2. The Bertz CT molecular complexity index is 984. The van der Waals surface area contributed by atoms with Crippen LogP contribution in [0.2, 0.25) is 0 Å². The molecule has 2 aromatic heterocycles. The molecule has 3 aromatic rings. The molecule has 1 saturated heterocycles. The second kappa shape index (κ2) is 7.39. The van der Waals surface area contributed by atoms with Crippen molar-refractivity contribution < 1.29 is 4.79 Å². The summed E-state index contributed by atoms with van der Waals surface area (Å²) >= 11 is 0. The van der Waals surface area contributed by atoms with Crippen molar-refractivity contribution in [3.05, 3.63) is 47.4 Å². The van der Waals surface area contributed by atoms with E-state index in [4.69, 9.17) is 0 Å². The molecule has 0 aliphatic carbocycles. The average Bonchev–Trinajstić information content (AvgIpc) is 3.46. The predicted molar refractivity (Wildman–Crippen MR) is 107 cm³/mol. The number of amides is 1. The largest absolute Gasteiger partial charge is 0.361 e. The highest BCUT2D eigenvalue weighted by Crippen LogP contribution is 2.23. The minimum Gasteiger partial charge on any atom is -0.361 e. The number of benzene rings is 1. The van der Waals surface area contributed by atoms with Gasteiger partial charge in [0.2, 0.25) is 5.91 Å². The van der Waals surface area contributed by atoms with Gasteiger partial charge in [-0.25, -0.2) is 4.68 Å². The number of likely N-dealkylation sites (tertiary alicyclic amines) is 1. The Morgan fingerprint density at radius 1 is 1.11 bits per heavy atom. The third kappa shape index (κ3) is 3.30. The summed E-state index contributed by atoms with van der Waals surface area (Å²) in [6.07, 6.45) is 5.49. The van der Waals surface area contributed by atoms with Crippen molar-refractivity contribution in [3.63, 3.8) is 0 Å². The molecule has 1 aromatic carbocycles. The third-order valence-electron chi connectivity index (χ3n) is 6.03. The minimum absolute atomic E-state index is 0.256. The summed E-state index contributed by atoms with van der Waals surface area (Å²) in [4.78, 5) is 20.1. The van der Waals surface area contributed by atoms with Gasteiger partial charge in [-0.15, -0.1) is 5.10 Å². The van der Waals surface area contributed by atoms with E-state index >= 15 is 0 Å². The second-order valence-corrected chi connectivity index (χ2v) is 7.86. The van der Waals surface area contributed by atoms with Gasteiger partial charge in [0.1, 0.15) is 0 Å². The SMILES string of the molecule is O=C(CCc1nnn2c1CN(Cc1cccc3[nH]ccc13)CC2)N1CCCC1. The number of carbonyl (C=O) groups is 1. The van der Waals surface area contributed by atoms with Crippen LogP contribution in [0.5, 0.6) is 0 Å². The van der Waals surface area contributed by atoms with Gasteiger partial charge in [0.15, 0.2) is 0 Å². The molecule has 0 unspecified atom stereocenters. The lowest BCUT2D eigenvalue weighted by atomic mass is 10.1. The molecular formula is C21H26N6O. The molecule has 1 amide bonds. The van der Waals surface area contributed by atoms with E-state index < -0.39 is 0 Å². The number of hydrogen-bond acceptors (Lipinski definition) is 4. The summed E-state index contributed by atoms with van der Waals surface area (Å²) in [6.45, 7) is 5.39. The molecule has 0 bridgehead atoms. The second-order valence-electron chi connectivity index (χ2n) is 7.86. The lowest BCUT2D eigenvalue weighted by molar-refractivity contribution is -0.130. The molecule has 5 rings (SSSR count). The maximum atomic E-state index is 12.4. The molecule has 2 aliphatic heterocycles. The van der Waals surface area contributed by atoms with E-state index in [0.717, 1.165) is 57.8 Å². The first-order valence-corrected chi connectivity index (χ1v) is 10.2. The first-order valence-electron chi connectivity index (χ1n) is 10.2. The van der Waals surface area contributed by atoms with Gasteiger partial charge in [-0.05, 0) is 30.5 Å². The fraction of sp³-hybridized carbons (Fsp3) is 0.476. The van der Waals surface area contributed by atoms with Crippen LogP contribution in [-0.4, -0.2) is 55.3 Å². The fourth-order valence-electron chi connectivity index (χ4n) is 4.46. The van der Waals surface area contributed by atoms with Crippen LogP contribution in [0.4, 0.5) is 0 Å². The van der Waals surface area contributed by atoms with Crippen LogP contribution < -0.4 is 0 Å². The van der Waals surface area contributed by atoms with Gasteiger partial charge in [0.25, 0.3) is 0 Å². The molecule has 146 valence electrons. The number of aromatic nitrogens is 4. The Morgan fingerprint density at radius 3 is 2.89 bits per heavy atom. The Balaban J connectivity index is 1.27. The molecule has 0 spiro atoms. The smallest absolute Gasteiger partial charge is 0.222 e. The van der Waals surface area contributed by atoms with E-state index in [-0.39, 0.29) is 5.91 Å². The molecule has 7 nitrogen and oxygen atoms in total. The number of H-pyrrole nitrogens is 1. The molecular weight excluding hydrogens is 352 g/mol. The topological polar surface area (TPSA) is 70.0 Å². The average molecular weight is 378 g/mol. The van der Waals surface area contributed by atoms with Crippen molar-refractivity contribution in [2.75, 3.05) is 19.6 Å². The zero-order chi connectivity index (χ0) is 18.9. The number of carbonyl (C=O) groups excluding carboxylic acids is 1. The van der Waals surface area contributed by atoms with Crippen molar-refractivity contribution in [2.45, 2.75) is 45.3 Å². The van der Waals surface area contributed by atoms with Gasteiger partial charge in [-0.1, -0.05) is 17.3 Å². The van der Waals surface area contributed by atoms with Crippen LogP contribution in [0, 0.1) is 0 Å². The fourth-order valence-corrected chi connectivity index (χ4v) is 4.46. The van der Waals surface area contributed by atoms with Crippen LogP contribution >= 0.6 is 0 Å². The number of nitrogens with zero attached hydrogens (tertiary/aromatic N) is 5. The molecule has 0 saturated carbocycles. The lowest BCUT2D eigenvalue weighted by Gasteiger charge is -2.28. The third-order valence-corrected chi connectivity index (χ3v) is 6.03. The Labute approximate surface area is 164 Å². The summed E-state index contributed by atoms with van der Waals surface area (Å²) in [5.74, 6) is 0.256. The number of rotatable bonds is 5. The van der Waals surface area contributed by atoms with E-state index in [1.54, 1.807) is 0 Å². The van der Waals surface area contributed by atoms with Crippen LogP contribution in [0.1, 0.15) is 36.2 Å². The maximum Gasteiger partial charge on any atom is 0.222 e. The van der Waals surface area contributed by atoms with Crippen molar-refractivity contribution in [1.29, 1.82) is 0 Å². The van der Waals surface area contributed by atoms with Crippen molar-refractivity contribution in [3.8, 4) is 0 Å². The Morgan fingerprint density at radius 2 is 2.00 bits per heavy atom. The normalized spacial score (nSPS) is 17.4. The monoisotopic (exact) mass is 378 g/mol. The lowest BCUT2D eigenvalue weighted by Crippen LogP contribution is -2.34.